The molecule has 1 atom stereocenters. The average molecular weight is 279 g/mol. The van der Waals surface area contributed by atoms with Gasteiger partial charge in [-0.2, -0.15) is 0 Å². The number of nitrogens with two attached hydrogens (primary N) is 1. The minimum atomic E-state index is 0.351. The molecule has 0 amide bonds. The Kier molecular flexibility index (Phi) is 5.24. The van der Waals surface area contributed by atoms with Gasteiger partial charge in [0, 0.05) is 25.9 Å². The van der Waals surface area contributed by atoms with Crippen molar-refractivity contribution >= 4 is 17.2 Å². The van der Waals surface area contributed by atoms with E-state index in [4.69, 9.17) is 22.7 Å². The van der Waals surface area contributed by atoms with Crippen molar-refractivity contribution in [3.05, 3.63) is 29.6 Å². The number of rotatable bonds is 6. The average Bonchev–Trinajstić information content (AvgIpc) is 2.91. The standard InChI is InChI=1S/C14H21N3OS/c1-2-17(10-12-4-3-7-18-12)9-11-5-6-16-13(8-11)14(15)19/h5-6,8,12H,2-4,7,9-10H2,1H3,(H2,15,19). The number of hydrogen-bond donors (Lipinski definition) is 1. The molecule has 0 aromatic carbocycles. The summed E-state index contributed by atoms with van der Waals surface area (Å²) in [6, 6.07) is 3.99. The molecule has 0 aliphatic carbocycles. The van der Waals surface area contributed by atoms with Crippen molar-refractivity contribution in [3.63, 3.8) is 0 Å². The Hall–Kier alpha value is -1.04. The third-order valence-electron chi connectivity index (χ3n) is 3.42. The molecule has 5 heteroatoms. The highest BCUT2D eigenvalue weighted by Gasteiger charge is 2.18. The first-order chi connectivity index (χ1) is 9.19. The second-order valence-corrected chi connectivity index (χ2v) is 5.32. The van der Waals surface area contributed by atoms with E-state index >= 15 is 0 Å². The molecule has 1 fully saturated rings. The third-order valence-corrected chi connectivity index (χ3v) is 3.63. The van der Waals surface area contributed by atoms with E-state index in [0.717, 1.165) is 26.2 Å². The Morgan fingerprint density at radius 3 is 3.11 bits per heavy atom. The van der Waals surface area contributed by atoms with Gasteiger partial charge >= 0.3 is 0 Å². The maximum Gasteiger partial charge on any atom is 0.122 e. The van der Waals surface area contributed by atoms with Crippen LogP contribution in [-0.4, -0.2) is 40.7 Å². The van der Waals surface area contributed by atoms with Crippen molar-refractivity contribution in [1.82, 2.24) is 9.88 Å². The van der Waals surface area contributed by atoms with Crippen LogP contribution in [-0.2, 0) is 11.3 Å². The van der Waals surface area contributed by atoms with Crippen molar-refractivity contribution < 1.29 is 4.74 Å². The molecule has 4 nitrogen and oxygen atoms in total. The molecule has 19 heavy (non-hydrogen) atoms. The second kappa shape index (κ2) is 6.93. The van der Waals surface area contributed by atoms with Crippen LogP contribution >= 0.6 is 12.2 Å². The summed E-state index contributed by atoms with van der Waals surface area (Å²) in [5.74, 6) is 0. The Balaban J connectivity index is 1.96. The first kappa shape index (κ1) is 14.4. The first-order valence-electron chi connectivity index (χ1n) is 6.77. The van der Waals surface area contributed by atoms with Crippen LogP contribution in [0.1, 0.15) is 31.0 Å². The van der Waals surface area contributed by atoms with Gasteiger partial charge < -0.3 is 10.5 Å². The van der Waals surface area contributed by atoms with E-state index in [9.17, 15) is 0 Å². The van der Waals surface area contributed by atoms with Crippen LogP contribution in [0.15, 0.2) is 18.3 Å². The van der Waals surface area contributed by atoms with Crippen molar-refractivity contribution in [3.8, 4) is 0 Å². The van der Waals surface area contributed by atoms with Crippen LogP contribution in [0.3, 0.4) is 0 Å². The van der Waals surface area contributed by atoms with Crippen LogP contribution in [0.25, 0.3) is 0 Å². The molecule has 2 rings (SSSR count). The van der Waals surface area contributed by atoms with Crippen LogP contribution in [0.5, 0.6) is 0 Å². The zero-order valence-electron chi connectivity index (χ0n) is 11.3. The largest absolute Gasteiger partial charge is 0.388 e. The van der Waals surface area contributed by atoms with Crippen molar-refractivity contribution in [1.29, 1.82) is 0 Å². The van der Waals surface area contributed by atoms with E-state index in [0.29, 0.717) is 16.8 Å². The summed E-state index contributed by atoms with van der Waals surface area (Å²) in [6.07, 6.45) is 4.51. The molecule has 1 aliphatic rings. The monoisotopic (exact) mass is 279 g/mol. The lowest BCUT2D eigenvalue weighted by Crippen LogP contribution is -2.31. The number of hydrogen-bond acceptors (Lipinski definition) is 4. The van der Waals surface area contributed by atoms with E-state index in [-0.39, 0.29) is 0 Å². The molecule has 0 spiro atoms. The highest BCUT2D eigenvalue weighted by atomic mass is 32.1. The van der Waals surface area contributed by atoms with Gasteiger partial charge in [-0.1, -0.05) is 19.1 Å². The van der Waals surface area contributed by atoms with Gasteiger partial charge in [0.25, 0.3) is 0 Å². The number of thiocarbonyl (C=S) groups is 1. The molecule has 104 valence electrons. The highest BCUT2D eigenvalue weighted by molar-refractivity contribution is 7.80. The third kappa shape index (κ3) is 4.23. The lowest BCUT2D eigenvalue weighted by Gasteiger charge is -2.23. The van der Waals surface area contributed by atoms with E-state index in [1.54, 1.807) is 6.20 Å². The fourth-order valence-electron chi connectivity index (χ4n) is 2.35. The Morgan fingerprint density at radius 2 is 2.47 bits per heavy atom. The van der Waals surface area contributed by atoms with E-state index in [2.05, 4.69) is 16.8 Å². The summed E-state index contributed by atoms with van der Waals surface area (Å²) in [6.45, 7) is 5.95. The summed E-state index contributed by atoms with van der Waals surface area (Å²) in [5.41, 5.74) is 7.50. The lowest BCUT2D eigenvalue weighted by atomic mass is 10.2. The van der Waals surface area contributed by atoms with Gasteiger partial charge in [-0.15, -0.1) is 0 Å². The predicted octanol–water partition coefficient (Wildman–Crippen LogP) is 1.72. The summed E-state index contributed by atoms with van der Waals surface area (Å²) in [5, 5.41) is 0. The minimum Gasteiger partial charge on any atom is -0.388 e. The molecule has 1 unspecified atom stereocenters. The van der Waals surface area contributed by atoms with Crippen molar-refractivity contribution in [2.45, 2.75) is 32.4 Å². The van der Waals surface area contributed by atoms with Gasteiger partial charge in [0.05, 0.1) is 11.8 Å². The molecule has 2 N–H and O–H groups in total. The zero-order valence-corrected chi connectivity index (χ0v) is 12.2. The molecule has 1 aromatic heterocycles. The summed E-state index contributed by atoms with van der Waals surface area (Å²) < 4.78 is 5.69. The predicted molar refractivity (Wildman–Crippen MR) is 80.0 cm³/mol. The van der Waals surface area contributed by atoms with Gasteiger partial charge in [-0.05, 0) is 37.1 Å². The molecule has 0 radical (unpaired) electrons. The fourth-order valence-corrected chi connectivity index (χ4v) is 2.46. The lowest BCUT2D eigenvalue weighted by molar-refractivity contribution is 0.0725. The Morgan fingerprint density at radius 1 is 1.63 bits per heavy atom. The summed E-state index contributed by atoms with van der Waals surface area (Å²) in [7, 11) is 0. The Bertz CT molecular complexity index is 432. The molecule has 1 saturated heterocycles. The normalized spacial score (nSPS) is 18.9. The molecule has 2 heterocycles. The topological polar surface area (TPSA) is 51.4 Å². The quantitative estimate of drug-likeness (QED) is 0.804. The van der Waals surface area contributed by atoms with Gasteiger partial charge in [0.15, 0.2) is 0 Å². The molecule has 0 bridgehead atoms. The fraction of sp³-hybridized carbons (Fsp3) is 0.571. The zero-order chi connectivity index (χ0) is 13.7. The summed E-state index contributed by atoms with van der Waals surface area (Å²) in [4.78, 5) is 6.90. The number of pyridine rings is 1. The maximum atomic E-state index is 5.69. The van der Waals surface area contributed by atoms with E-state index in [1.807, 2.05) is 12.1 Å². The van der Waals surface area contributed by atoms with E-state index < -0.39 is 0 Å². The molecule has 1 aromatic rings. The van der Waals surface area contributed by atoms with Crippen LogP contribution in [0, 0.1) is 0 Å². The van der Waals surface area contributed by atoms with Crippen LogP contribution < -0.4 is 5.73 Å². The summed E-state index contributed by atoms with van der Waals surface area (Å²) >= 11 is 4.96. The number of aromatic nitrogens is 1. The van der Waals surface area contributed by atoms with Crippen molar-refractivity contribution in [2.24, 2.45) is 5.73 Å². The number of nitrogens with zero attached hydrogens (tertiary/aromatic N) is 2. The minimum absolute atomic E-state index is 0.351. The molecule has 1 aliphatic heterocycles. The van der Waals surface area contributed by atoms with Gasteiger partial charge in [-0.3, -0.25) is 9.88 Å². The number of likely N-dealkylation sites (N-methyl/N-ethyl adjacent to an activating group) is 1. The van der Waals surface area contributed by atoms with E-state index in [1.165, 1.54) is 18.4 Å². The van der Waals surface area contributed by atoms with Gasteiger partial charge in [0.2, 0.25) is 0 Å². The maximum absolute atomic E-state index is 5.69. The Labute approximate surface area is 120 Å². The first-order valence-corrected chi connectivity index (χ1v) is 7.18. The number of ether oxygens (including phenoxy) is 1. The van der Waals surface area contributed by atoms with Crippen LogP contribution in [0.4, 0.5) is 0 Å². The highest BCUT2D eigenvalue weighted by Crippen LogP contribution is 2.15. The van der Waals surface area contributed by atoms with Crippen LogP contribution in [0.2, 0.25) is 0 Å². The SMILES string of the molecule is CCN(Cc1ccnc(C(N)=S)c1)CC1CCCO1. The molecule has 0 saturated carbocycles. The van der Waals surface area contributed by atoms with Gasteiger partial charge in [-0.25, -0.2) is 0 Å². The smallest absolute Gasteiger partial charge is 0.122 e. The van der Waals surface area contributed by atoms with Gasteiger partial charge in [0.1, 0.15) is 4.99 Å². The second-order valence-electron chi connectivity index (χ2n) is 4.88. The molecular weight excluding hydrogens is 258 g/mol. The van der Waals surface area contributed by atoms with Crippen molar-refractivity contribution in [2.75, 3.05) is 19.7 Å². The molecular formula is C14H21N3OS.